The molecule has 0 aromatic carbocycles. The lowest BCUT2D eigenvalue weighted by molar-refractivity contribution is 0.398. The van der Waals surface area contributed by atoms with Crippen molar-refractivity contribution in [2.45, 2.75) is 143 Å². The third-order valence-corrected chi connectivity index (χ3v) is 6.14. The minimum absolute atomic E-state index is 0.917. The van der Waals surface area contributed by atoms with Gasteiger partial charge in [0.05, 0.1) is 0 Å². The van der Waals surface area contributed by atoms with E-state index in [-0.39, 0.29) is 0 Å². The molecule has 0 aliphatic carbocycles. The van der Waals surface area contributed by atoms with Gasteiger partial charge in [0.15, 0.2) is 0 Å². The Morgan fingerprint density at radius 1 is 0.536 bits per heavy atom. The zero-order valence-electron chi connectivity index (χ0n) is 20.1. The SMILES string of the molecule is CCCCC/C=C\C/C=C\CCCCCCCCC(CCCC)[C](CC)CC. The maximum Gasteiger partial charge on any atom is -0.0169 e. The summed E-state index contributed by atoms with van der Waals surface area (Å²) in [6, 6.07) is 0. The van der Waals surface area contributed by atoms with Crippen molar-refractivity contribution < 1.29 is 0 Å². The van der Waals surface area contributed by atoms with Crippen LogP contribution >= 0.6 is 0 Å². The molecular weight excluding hydrogens is 336 g/mol. The van der Waals surface area contributed by atoms with Crippen LogP contribution in [0.25, 0.3) is 0 Å². The number of unbranched alkanes of at least 4 members (excludes halogenated alkanes) is 10. The molecule has 0 rings (SSSR count). The highest BCUT2D eigenvalue weighted by molar-refractivity contribution is 4.94. The second-order valence-corrected chi connectivity index (χ2v) is 8.58. The zero-order valence-corrected chi connectivity index (χ0v) is 20.1. The fourth-order valence-corrected chi connectivity index (χ4v) is 4.21. The molecule has 1 unspecified atom stereocenters. The molecule has 165 valence electrons. The molecule has 0 amide bonds. The normalized spacial score (nSPS) is 13.3. The summed E-state index contributed by atoms with van der Waals surface area (Å²) in [6.45, 7) is 9.31. The second-order valence-electron chi connectivity index (χ2n) is 8.58. The van der Waals surface area contributed by atoms with Crippen molar-refractivity contribution in [3.05, 3.63) is 30.2 Å². The van der Waals surface area contributed by atoms with Crippen LogP contribution < -0.4 is 0 Å². The molecule has 0 aromatic rings. The van der Waals surface area contributed by atoms with Gasteiger partial charge in [-0.1, -0.05) is 110 Å². The van der Waals surface area contributed by atoms with E-state index in [9.17, 15) is 0 Å². The van der Waals surface area contributed by atoms with Crippen LogP contribution in [0.2, 0.25) is 0 Å². The van der Waals surface area contributed by atoms with Crippen LogP contribution in [0.3, 0.4) is 0 Å². The number of rotatable bonds is 21. The molecule has 0 fully saturated rings. The van der Waals surface area contributed by atoms with Crippen molar-refractivity contribution in [2.24, 2.45) is 5.92 Å². The minimum atomic E-state index is 0.917. The van der Waals surface area contributed by atoms with Gasteiger partial charge in [-0.2, -0.15) is 0 Å². The maximum absolute atomic E-state index is 2.39. The predicted molar refractivity (Wildman–Crippen MR) is 131 cm³/mol. The van der Waals surface area contributed by atoms with Crippen LogP contribution in [0.5, 0.6) is 0 Å². The zero-order chi connectivity index (χ0) is 20.7. The van der Waals surface area contributed by atoms with Gasteiger partial charge in [-0.25, -0.2) is 0 Å². The Morgan fingerprint density at radius 3 is 1.61 bits per heavy atom. The Bertz CT molecular complexity index is 334. The average molecular weight is 390 g/mol. The summed E-state index contributed by atoms with van der Waals surface area (Å²) in [5, 5.41) is 0. The van der Waals surface area contributed by atoms with Gasteiger partial charge in [0.2, 0.25) is 0 Å². The Balaban J connectivity index is 3.55. The first-order valence-corrected chi connectivity index (χ1v) is 12.9. The Kier molecular flexibility index (Phi) is 22.3. The number of hydrogen-bond acceptors (Lipinski definition) is 0. The average Bonchev–Trinajstić information content (AvgIpc) is 2.71. The van der Waals surface area contributed by atoms with Gasteiger partial charge in [0.25, 0.3) is 0 Å². The monoisotopic (exact) mass is 389 g/mol. The topological polar surface area (TPSA) is 0 Å². The molecule has 0 aliphatic rings. The van der Waals surface area contributed by atoms with Crippen LogP contribution in [0.15, 0.2) is 24.3 Å². The van der Waals surface area contributed by atoms with Crippen LogP contribution in [-0.2, 0) is 0 Å². The summed E-state index contributed by atoms with van der Waals surface area (Å²) >= 11 is 0. The molecule has 0 aliphatic heterocycles. The number of hydrogen-bond donors (Lipinski definition) is 0. The summed E-state index contributed by atoms with van der Waals surface area (Å²) in [4.78, 5) is 0. The first-order valence-electron chi connectivity index (χ1n) is 12.9. The molecule has 0 aromatic heterocycles. The predicted octanol–water partition coefficient (Wildman–Crippen LogP) is 10.4. The highest BCUT2D eigenvalue weighted by Crippen LogP contribution is 2.31. The quantitative estimate of drug-likeness (QED) is 0.135. The molecule has 28 heavy (non-hydrogen) atoms. The summed E-state index contributed by atoms with van der Waals surface area (Å²) in [5.41, 5.74) is 0. The van der Waals surface area contributed by atoms with Crippen molar-refractivity contribution in [3.63, 3.8) is 0 Å². The fourth-order valence-electron chi connectivity index (χ4n) is 4.21. The highest BCUT2D eigenvalue weighted by atomic mass is 14.2. The lowest BCUT2D eigenvalue weighted by Gasteiger charge is -2.24. The van der Waals surface area contributed by atoms with Crippen molar-refractivity contribution in [1.82, 2.24) is 0 Å². The maximum atomic E-state index is 2.39. The van der Waals surface area contributed by atoms with Crippen molar-refractivity contribution in [2.75, 3.05) is 0 Å². The standard InChI is InChI=1S/C28H53/c1-5-9-11-12-13-14-15-16-17-18-19-20-21-22-23-24-26-28(25-10-6-2)27(7-3)8-4/h13-14,16-17,28H,5-12,15,18-26H2,1-4H3/b14-13-,17-16-. The van der Waals surface area contributed by atoms with Crippen LogP contribution in [0.1, 0.15) is 143 Å². The molecule has 0 heterocycles. The van der Waals surface area contributed by atoms with Crippen LogP contribution in [-0.4, -0.2) is 0 Å². The molecule has 0 heteroatoms. The van der Waals surface area contributed by atoms with E-state index in [1.807, 2.05) is 5.92 Å². The first-order chi connectivity index (χ1) is 13.8. The molecule has 0 saturated carbocycles. The molecule has 0 nitrogen and oxygen atoms in total. The van der Waals surface area contributed by atoms with E-state index in [2.05, 4.69) is 52.0 Å². The Morgan fingerprint density at radius 2 is 1.04 bits per heavy atom. The summed E-state index contributed by atoms with van der Waals surface area (Å²) in [6.07, 6.45) is 33.9. The van der Waals surface area contributed by atoms with E-state index in [0.717, 1.165) is 12.3 Å². The van der Waals surface area contributed by atoms with Crippen molar-refractivity contribution in [3.8, 4) is 0 Å². The van der Waals surface area contributed by atoms with Gasteiger partial charge in [-0.15, -0.1) is 0 Å². The minimum Gasteiger partial charge on any atom is -0.0882 e. The van der Waals surface area contributed by atoms with Crippen molar-refractivity contribution in [1.29, 1.82) is 0 Å². The van der Waals surface area contributed by atoms with Crippen LogP contribution in [0, 0.1) is 11.8 Å². The third kappa shape index (κ3) is 17.6. The summed E-state index contributed by atoms with van der Waals surface area (Å²) in [5.74, 6) is 2.75. The van der Waals surface area contributed by atoms with Gasteiger partial charge in [-0.05, 0) is 69.6 Å². The van der Waals surface area contributed by atoms with E-state index in [0.29, 0.717) is 0 Å². The van der Waals surface area contributed by atoms with E-state index in [1.165, 1.54) is 109 Å². The number of allylic oxidation sites excluding steroid dienone is 4. The second kappa shape index (κ2) is 22.8. The molecule has 1 radical (unpaired) electrons. The van der Waals surface area contributed by atoms with Gasteiger partial charge in [0, 0.05) is 0 Å². The first kappa shape index (κ1) is 27.5. The van der Waals surface area contributed by atoms with E-state index >= 15 is 0 Å². The smallest absolute Gasteiger partial charge is 0.0169 e. The van der Waals surface area contributed by atoms with Gasteiger partial charge in [0.1, 0.15) is 0 Å². The van der Waals surface area contributed by atoms with E-state index in [1.54, 1.807) is 0 Å². The van der Waals surface area contributed by atoms with Crippen LogP contribution in [0.4, 0.5) is 0 Å². The molecule has 1 atom stereocenters. The largest absolute Gasteiger partial charge is 0.0882 e. The molecule has 0 saturated heterocycles. The fraction of sp³-hybridized carbons (Fsp3) is 0.821. The summed E-state index contributed by atoms with van der Waals surface area (Å²) in [7, 11) is 0. The van der Waals surface area contributed by atoms with Gasteiger partial charge < -0.3 is 0 Å². The third-order valence-electron chi connectivity index (χ3n) is 6.14. The lowest BCUT2D eigenvalue weighted by Crippen LogP contribution is -2.11. The van der Waals surface area contributed by atoms with E-state index in [4.69, 9.17) is 0 Å². The van der Waals surface area contributed by atoms with Crippen molar-refractivity contribution >= 4 is 0 Å². The molecule has 0 bridgehead atoms. The molecular formula is C28H53. The van der Waals surface area contributed by atoms with Gasteiger partial charge >= 0.3 is 0 Å². The summed E-state index contributed by atoms with van der Waals surface area (Å²) < 4.78 is 0. The molecule has 0 N–H and O–H groups in total. The van der Waals surface area contributed by atoms with Gasteiger partial charge in [-0.3, -0.25) is 0 Å². The lowest BCUT2D eigenvalue weighted by atomic mass is 9.81. The van der Waals surface area contributed by atoms with E-state index < -0.39 is 0 Å². The Hall–Kier alpha value is -0.520. The highest BCUT2D eigenvalue weighted by Gasteiger charge is 2.17. The molecule has 0 spiro atoms. The Labute approximate surface area is 179 Å².